The van der Waals surface area contributed by atoms with E-state index >= 15 is 0 Å². The number of anilines is 3. The number of nitrogens with zero attached hydrogens (tertiary/aromatic N) is 6. The fraction of sp³-hybridized carbons (Fsp3) is 0.231. The van der Waals surface area contributed by atoms with Crippen LogP contribution in [0, 0.1) is 6.92 Å². The van der Waals surface area contributed by atoms with Crippen LogP contribution in [-0.2, 0) is 0 Å². The van der Waals surface area contributed by atoms with Crippen LogP contribution in [0.5, 0.6) is 0 Å². The fourth-order valence-electron chi connectivity index (χ4n) is 2.00. The first-order chi connectivity index (χ1) is 9.65. The monoisotopic (exact) mass is 269 g/mol. The standard InChI is InChI=1S/C13H15N7/c1-9-7-14-13(18-12(9)19(2)3)17-11-6-4-5-10-15-8-16-20(10)11/h4-8H,1-3H3,(H,14,17,18). The summed E-state index contributed by atoms with van der Waals surface area (Å²) in [6, 6.07) is 5.70. The fourth-order valence-corrected chi connectivity index (χ4v) is 2.00. The predicted octanol–water partition coefficient (Wildman–Crippen LogP) is 1.64. The summed E-state index contributed by atoms with van der Waals surface area (Å²) in [4.78, 5) is 14.9. The summed E-state index contributed by atoms with van der Waals surface area (Å²) in [5.41, 5.74) is 1.80. The molecule has 102 valence electrons. The van der Waals surface area contributed by atoms with Gasteiger partial charge in [-0.1, -0.05) is 6.07 Å². The topological polar surface area (TPSA) is 71.2 Å². The Morgan fingerprint density at radius 1 is 1.20 bits per heavy atom. The van der Waals surface area contributed by atoms with Gasteiger partial charge in [-0.05, 0) is 19.1 Å². The summed E-state index contributed by atoms with van der Waals surface area (Å²) in [6.07, 6.45) is 3.31. The quantitative estimate of drug-likeness (QED) is 0.779. The Morgan fingerprint density at radius 2 is 2.05 bits per heavy atom. The molecule has 0 aromatic carbocycles. The minimum absolute atomic E-state index is 0.530. The van der Waals surface area contributed by atoms with Gasteiger partial charge in [-0.3, -0.25) is 0 Å². The maximum absolute atomic E-state index is 4.50. The summed E-state index contributed by atoms with van der Waals surface area (Å²) >= 11 is 0. The molecule has 3 aromatic rings. The van der Waals surface area contributed by atoms with Gasteiger partial charge in [0, 0.05) is 25.9 Å². The highest BCUT2D eigenvalue weighted by atomic mass is 15.3. The van der Waals surface area contributed by atoms with E-state index in [1.165, 1.54) is 6.33 Å². The van der Waals surface area contributed by atoms with Crippen molar-refractivity contribution in [1.82, 2.24) is 24.6 Å². The Balaban J connectivity index is 1.99. The van der Waals surface area contributed by atoms with Crippen LogP contribution < -0.4 is 10.2 Å². The van der Waals surface area contributed by atoms with Gasteiger partial charge in [0.25, 0.3) is 0 Å². The third-order valence-electron chi connectivity index (χ3n) is 2.91. The molecular formula is C13H15N7. The maximum Gasteiger partial charge on any atom is 0.230 e. The first-order valence-electron chi connectivity index (χ1n) is 6.22. The van der Waals surface area contributed by atoms with Gasteiger partial charge in [-0.15, -0.1) is 0 Å². The van der Waals surface area contributed by atoms with Crippen LogP contribution in [0.15, 0.2) is 30.7 Å². The number of rotatable bonds is 3. The average molecular weight is 269 g/mol. The molecule has 0 aliphatic rings. The second-order valence-electron chi connectivity index (χ2n) is 4.66. The van der Waals surface area contributed by atoms with E-state index in [2.05, 4.69) is 25.4 Å². The molecule has 0 aliphatic heterocycles. The molecular weight excluding hydrogens is 254 g/mol. The van der Waals surface area contributed by atoms with E-state index in [4.69, 9.17) is 0 Å². The summed E-state index contributed by atoms with van der Waals surface area (Å²) in [5, 5.41) is 7.33. The molecule has 0 amide bonds. The minimum atomic E-state index is 0.530. The van der Waals surface area contributed by atoms with Crippen molar-refractivity contribution >= 4 is 23.2 Å². The zero-order valence-electron chi connectivity index (χ0n) is 11.6. The number of hydrogen-bond donors (Lipinski definition) is 1. The van der Waals surface area contributed by atoms with Gasteiger partial charge in [0.05, 0.1) is 0 Å². The lowest BCUT2D eigenvalue weighted by Crippen LogP contribution is -2.14. The van der Waals surface area contributed by atoms with E-state index in [0.29, 0.717) is 5.95 Å². The second-order valence-corrected chi connectivity index (χ2v) is 4.66. The minimum Gasteiger partial charge on any atom is -0.362 e. The van der Waals surface area contributed by atoms with Crippen molar-refractivity contribution in [2.45, 2.75) is 6.92 Å². The molecule has 0 aliphatic carbocycles. The summed E-state index contributed by atoms with van der Waals surface area (Å²) in [6.45, 7) is 1.98. The molecule has 3 rings (SSSR count). The van der Waals surface area contributed by atoms with E-state index in [0.717, 1.165) is 22.8 Å². The molecule has 0 saturated heterocycles. The van der Waals surface area contributed by atoms with Crippen LogP contribution >= 0.6 is 0 Å². The van der Waals surface area contributed by atoms with Crippen molar-refractivity contribution in [3.8, 4) is 0 Å². The Morgan fingerprint density at radius 3 is 2.85 bits per heavy atom. The van der Waals surface area contributed by atoms with Crippen LogP contribution in [0.25, 0.3) is 5.65 Å². The lowest BCUT2D eigenvalue weighted by molar-refractivity contribution is 0.956. The predicted molar refractivity (Wildman–Crippen MR) is 77.4 cm³/mol. The molecule has 3 aromatic heterocycles. The second kappa shape index (κ2) is 4.76. The largest absolute Gasteiger partial charge is 0.362 e. The van der Waals surface area contributed by atoms with Crippen molar-refractivity contribution in [1.29, 1.82) is 0 Å². The first kappa shape index (κ1) is 12.3. The lowest BCUT2D eigenvalue weighted by Gasteiger charge is -2.15. The van der Waals surface area contributed by atoms with Crippen LogP contribution in [-0.4, -0.2) is 38.7 Å². The molecule has 0 atom stereocenters. The van der Waals surface area contributed by atoms with Crippen molar-refractivity contribution in [2.75, 3.05) is 24.3 Å². The van der Waals surface area contributed by atoms with Gasteiger partial charge >= 0.3 is 0 Å². The Labute approximate surface area is 116 Å². The van der Waals surface area contributed by atoms with Crippen LogP contribution in [0.2, 0.25) is 0 Å². The van der Waals surface area contributed by atoms with Crippen LogP contribution in [0.4, 0.5) is 17.6 Å². The van der Waals surface area contributed by atoms with E-state index in [1.54, 1.807) is 10.7 Å². The average Bonchev–Trinajstić information content (AvgIpc) is 2.90. The summed E-state index contributed by atoms with van der Waals surface area (Å²) in [5.74, 6) is 2.18. The van der Waals surface area contributed by atoms with Gasteiger partial charge in [0.15, 0.2) is 5.65 Å². The van der Waals surface area contributed by atoms with Gasteiger partial charge in [-0.2, -0.15) is 14.6 Å². The number of hydrogen-bond acceptors (Lipinski definition) is 6. The zero-order chi connectivity index (χ0) is 14.1. The molecule has 0 spiro atoms. The smallest absolute Gasteiger partial charge is 0.230 e. The van der Waals surface area contributed by atoms with Gasteiger partial charge in [0.1, 0.15) is 18.0 Å². The number of aryl methyl sites for hydroxylation is 1. The third kappa shape index (κ3) is 2.13. The molecule has 0 unspecified atom stereocenters. The molecule has 0 saturated carbocycles. The Bertz CT molecular complexity index is 747. The highest BCUT2D eigenvalue weighted by molar-refractivity contribution is 5.56. The van der Waals surface area contributed by atoms with Gasteiger partial charge < -0.3 is 10.2 Å². The van der Waals surface area contributed by atoms with E-state index in [1.807, 2.05) is 44.1 Å². The molecule has 0 radical (unpaired) electrons. The number of pyridine rings is 1. The number of nitrogens with one attached hydrogen (secondary N) is 1. The molecule has 0 bridgehead atoms. The Kier molecular flexibility index (Phi) is 2.94. The summed E-state index contributed by atoms with van der Waals surface area (Å²) in [7, 11) is 3.91. The highest BCUT2D eigenvalue weighted by Gasteiger charge is 2.08. The van der Waals surface area contributed by atoms with Crippen LogP contribution in [0.1, 0.15) is 5.56 Å². The molecule has 7 nitrogen and oxygen atoms in total. The van der Waals surface area contributed by atoms with Crippen molar-refractivity contribution in [3.63, 3.8) is 0 Å². The van der Waals surface area contributed by atoms with E-state index in [9.17, 15) is 0 Å². The van der Waals surface area contributed by atoms with E-state index in [-0.39, 0.29) is 0 Å². The maximum atomic E-state index is 4.50. The van der Waals surface area contributed by atoms with Gasteiger partial charge in [-0.25, -0.2) is 9.97 Å². The van der Waals surface area contributed by atoms with E-state index < -0.39 is 0 Å². The normalized spacial score (nSPS) is 10.8. The molecule has 1 N–H and O–H groups in total. The number of fused-ring (bicyclic) bond motifs is 1. The Hall–Kier alpha value is -2.70. The molecule has 7 heteroatoms. The van der Waals surface area contributed by atoms with Crippen LogP contribution in [0.3, 0.4) is 0 Å². The molecule has 0 fully saturated rings. The van der Waals surface area contributed by atoms with Gasteiger partial charge in [0.2, 0.25) is 5.95 Å². The third-order valence-corrected chi connectivity index (χ3v) is 2.91. The van der Waals surface area contributed by atoms with Crippen molar-refractivity contribution in [3.05, 3.63) is 36.3 Å². The number of aromatic nitrogens is 5. The zero-order valence-corrected chi connectivity index (χ0v) is 11.6. The summed E-state index contributed by atoms with van der Waals surface area (Å²) < 4.78 is 1.71. The highest BCUT2D eigenvalue weighted by Crippen LogP contribution is 2.18. The van der Waals surface area contributed by atoms with Crippen molar-refractivity contribution in [2.24, 2.45) is 0 Å². The lowest BCUT2D eigenvalue weighted by atomic mass is 10.3. The van der Waals surface area contributed by atoms with Crippen molar-refractivity contribution < 1.29 is 0 Å². The molecule has 3 heterocycles. The molecule has 20 heavy (non-hydrogen) atoms. The SMILES string of the molecule is Cc1cnc(Nc2cccc3ncnn23)nc1N(C)C. The first-order valence-corrected chi connectivity index (χ1v) is 6.22.